The number of nitrogens with one attached hydrogen (secondary N) is 1. The molecule has 0 aliphatic heterocycles. The molecule has 0 spiro atoms. The molecule has 4 heteroatoms. The molecule has 1 heterocycles. The fourth-order valence-corrected chi connectivity index (χ4v) is 1.43. The summed E-state index contributed by atoms with van der Waals surface area (Å²) < 4.78 is 0. The number of rotatable bonds is 7. The topological polar surface area (TPSA) is 41.0 Å². The fourth-order valence-electron chi connectivity index (χ4n) is 1.43. The molecule has 1 N–H and O–H groups in total. The van der Waals surface area contributed by atoms with Crippen molar-refractivity contribution < 1.29 is 0 Å². The lowest BCUT2D eigenvalue weighted by Crippen LogP contribution is -2.26. The van der Waals surface area contributed by atoms with Gasteiger partial charge in [0, 0.05) is 25.0 Å². The zero-order chi connectivity index (χ0) is 11.8. The molecular weight excluding hydrogens is 200 g/mol. The van der Waals surface area contributed by atoms with Gasteiger partial charge in [0.05, 0.1) is 0 Å². The SMILES string of the molecule is CCCCN(C)CCNc1nccc(C)n1. The highest BCUT2D eigenvalue weighted by atomic mass is 15.1. The van der Waals surface area contributed by atoms with Gasteiger partial charge < -0.3 is 10.2 Å². The van der Waals surface area contributed by atoms with Crippen LogP contribution in [-0.4, -0.2) is 41.5 Å². The molecule has 0 saturated heterocycles. The van der Waals surface area contributed by atoms with Crippen LogP contribution in [0.5, 0.6) is 0 Å². The summed E-state index contributed by atoms with van der Waals surface area (Å²) in [5.41, 5.74) is 0.997. The minimum Gasteiger partial charge on any atom is -0.353 e. The van der Waals surface area contributed by atoms with Gasteiger partial charge in [0.1, 0.15) is 0 Å². The second-order valence-electron chi connectivity index (χ2n) is 4.11. The summed E-state index contributed by atoms with van der Waals surface area (Å²) >= 11 is 0. The van der Waals surface area contributed by atoms with E-state index >= 15 is 0 Å². The van der Waals surface area contributed by atoms with Gasteiger partial charge in [-0.05, 0) is 33.0 Å². The van der Waals surface area contributed by atoms with E-state index in [1.54, 1.807) is 6.20 Å². The van der Waals surface area contributed by atoms with Crippen molar-refractivity contribution in [1.82, 2.24) is 14.9 Å². The van der Waals surface area contributed by atoms with Crippen molar-refractivity contribution in [1.29, 1.82) is 0 Å². The van der Waals surface area contributed by atoms with E-state index in [1.807, 2.05) is 13.0 Å². The van der Waals surface area contributed by atoms with Crippen LogP contribution in [0.2, 0.25) is 0 Å². The standard InChI is InChI=1S/C12H22N4/c1-4-5-9-16(3)10-8-14-12-13-7-6-11(2)15-12/h6-7H,4-5,8-10H2,1-3H3,(H,13,14,15). The van der Waals surface area contributed by atoms with E-state index in [0.717, 1.165) is 31.3 Å². The number of nitrogens with zero attached hydrogens (tertiary/aromatic N) is 3. The molecule has 1 aromatic rings. The van der Waals surface area contributed by atoms with E-state index in [0.29, 0.717) is 0 Å². The number of likely N-dealkylation sites (N-methyl/N-ethyl adjacent to an activating group) is 1. The Bertz CT molecular complexity index is 301. The first kappa shape index (κ1) is 12.9. The molecule has 0 fully saturated rings. The summed E-state index contributed by atoms with van der Waals surface area (Å²) in [6, 6.07) is 1.90. The molecule has 0 bridgehead atoms. The van der Waals surface area contributed by atoms with E-state index in [1.165, 1.54) is 12.8 Å². The second kappa shape index (κ2) is 7.17. The highest BCUT2D eigenvalue weighted by Gasteiger charge is 1.98. The molecule has 1 aromatic heterocycles. The predicted molar refractivity (Wildman–Crippen MR) is 67.7 cm³/mol. The number of aromatic nitrogens is 2. The summed E-state index contributed by atoms with van der Waals surface area (Å²) in [5.74, 6) is 0.726. The van der Waals surface area contributed by atoms with Crippen molar-refractivity contribution in [3.63, 3.8) is 0 Å². The third kappa shape index (κ3) is 5.07. The van der Waals surface area contributed by atoms with Gasteiger partial charge in [0.15, 0.2) is 0 Å². The molecular formula is C12H22N4. The van der Waals surface area contributed by atoms with Crippen LogP contribution in [0.1, 0.15) is 25.5 Å². The molecule has 16 heavy (non-hydrogen) atoms. The smallest absolute Gasteiger partial charge is 0.222 e. The Morgan fingerprint density at radius 3 is 2.88 bits per heavy atom. The largest absolute Gasteiger partial charge is 0.353 e. The van der Waals surface area contributed by atoms with Crippen LogP contribution in [0.4, 0.5) is 5.95 Å². The maximum Gasteiger partial charge on any atom is 0.222 e. The first-order chi connectivity index (χ1) is 7.72. The Hall–Kier alpha value is -1.16. The number of unbranched alkanes of at least 4 members (excludes halogenated alkanes) is 1. The van der Waals surface area contributed by atoms with Gasteiger partial charge in [0.2, 0.25) is 5.95 Å². The first-order valence-corrected chi connectivity index (χ1v) is 5.94. The van der Waals surface area contributed by atoms with Crippen LogP contribution in [0.25, 0.3) is 0 Å². The van der Waals surface area contributed by atoms with E-state index in [9.17, 15) is 0 Å². The van der Waals surface area contributed by atoms with Crippen LogP contribution in [0, 0.1) is 6.92 Å². The van der Waals surface area contributed by atoms with Gasteiger partial charge in [-0.3, -0.25) is 0 Å². The van der Waals surface area contributed by atoms with Crippen molar-refractivity contribution in [2.75, 3.05) is 32.0 Å². The van der Waals surface area contributed by atoms with Crippen molar-refractivity contribution in [2.45, 2.75) is 26.7 Å². The molecule has 4 nitrogen and oxygen atoms in total. The fraction of sp³-hybridized carbons (Fsp3) is 0.667. The number of hydrogen-bond acceptors (Lipinski definition) is 4. The Morgan fingerprint density at radius 2 is 2.19 bits per heavy atom. The van der Waals surface area contributed by atoms with Crippen molar-refractivity contribution >= 4 is 5.95 Å². The Kier molecular flexibility index (Phi) is 5.78. The maximum atomic E-state index is 4.29. The van der Waals surface area contributed by atoms with Crippen LogP contribution in [0.3, 0.4) is 0 Å². The van der Waals surface area contributed by atoms with Gasteiger partial charge in [-0.25, -0.2) is 9.97 Å². The third-order valence-corrected chi connectivity index (χ3v) is 2.46. The molecule has 90 valence electrons. The molecule has 0 radical (unpaired) electrons. The third-order valence-electron chi connectivity index (χ3n) is 2.46. The van der Waals surface area contributed by atoms with Crippen LogP contribution < -0.4 is 5.32 Å². The Labute approximate surface area is 98.1 Å². The zero-order valence-electron chi connectivity index (χ0n) is 10.5. The van der Waals surface area contributed by atoms with Crippen molar-refractivity contribution in [3.8, 4) is 0 Å². The molecule has 0 amide bonds. The molecule has 0 aliphatic carbocycles. The number of hydrogen-bond donors (Lipinski definition) is 1. The van der Waals surface area contributed by atoms with Gasteiger partial charge in [-0.1, -0.05) is 13.3 Å². The van der Waals surface area contributed by atoms with Crippen LogP contribution in [-0.2, 0) is 0 Å². The highest BCUT2D eigenvalue weighted by Crippen LogP contribution is 1.98. The predicted octanol–water partition coefficient (Wildman–Crippen LogP) is 1.93. The van der Waals surface area contributed by atoms with Gasteiger partial charge in [-0.15, -0.1) is 0 Å². The van der Waals surface area contributed by atoms with E-state index in [2.05, 4.69) is 34.2 Å². The molecule has 0 aliphatic rings. The van der Waals surface area contributed by atoms with Crippen LogP contribution in [0.15, 0.2) is 12.3 Å². The van der Waals surface area contributed by atoms with Crippen molar-refractivity contribution in [3.05, 3.63) is 18.0 Å². The monoisotopic (exact) mass is 222 g/mol. The second-order valence-corrected chi connectivity index (χ2v) is 4.11. The van der Waals surface area contributed by atoms with E-state index in [4.69, 9.17) is 0 Å². The van der Waals surface area contributed by atoms with Gasteiger partial charge in [0.25, 0.3) is 0 Å². The number of aryl methyl sites for hydroxylation is 1. The quantitative estimate of drug-likeness (QED) is 0.765. The molecule has 0 aromatic carbocycles. The molecule has 0 saturated carbocycles. The summed E-state index contributed by atoms with van der Waals surface area (Å²) in [5, 5.41) is 3.23. The van der Waals surface area contributed by atoms with E-state index in [-0.39, 0.29) is 0 Å². The highest BCUT2D eigenvalue weighted by molar-refractivity contribution is 5.24. The molecule has 0 atom stereocenters. The van der Waals surface area contributed by atoms with Gasteiger partial charge >= 0.3 is 0 Å². The Morgan fingerprint density at radius 1 is 1.38 bits per heavy atom. The van der Waals surface area contributed by atoms with Crippen LogP contribution >= 0.6 is 0 Å². The van der Waals surface area contributed by atoms with E-state index < -0.39 is 0 Å². The summed E-state index contributed by atoms with van der Waals surface area (Å²) in [6.07, 6.45) is 4.29. The lowest BCUT2D eigenvalue weighted by molar-refractivity contribution is 0.340. The average molecular weight is 222 g/mol. The first-order valence-electron chi connectivity index (χ1n) is 5.94. The lowest BCUT2D eigenvalue weighted by Gasteiger charge is -2.16. The number of anilines is 1. The minimum atomic E-state index is 0.726. The normalized spacial score (nSPS) is 10.8. The average Bonchev–Trinajstić information content (AvgIpc) is 2.26. The zero-order valence-corrected chi connectivity index (χ0v) is 10.5. The molecule has 0 unspecified atom stereocenters. The minimum absolute atomic E-state index is 0.726. The molecule has 1 rings (SSSR count). The summed E-state index contributed by atoms with van der Waals surface area (Å²) in [6.45, 7) is 7.26. The summed E-state index contributed by atoms with van der Waals surface area (Å²) in [4.78, 5) is 10.8. The van der Waals surface area contributed by atoms with Gasteiger partial charge in [-0.2, -0.15) is 0 Å². The Balaban J connectivity index is 2.20. The maximum absolute atomic E-state index is 4.29. The summed E-state index contributed by atoms with van der Waals surface area (Å²) in [7, 11) is 2.15. The van der Waals surface area contributed by atoms with Crippen molar-refractivity contribution in [2.24, 2.45) is 0 Å². The lowest BCUT2D eigenvalue weighted by atomic mass is 10.3.